The van der Waals surface area contributed by atoms with Crippen LogP contribution < -0.4 is 10.2 Å². The number of benzene rings is 1. The minimum Gasteiger partial charge on any atom is -0.444 e. The predicted octanol–water partition coefficient (Wildman–Crippen LogP) is 3.81. The molecule has 1 aromatic carbocycles. The molecule has 0 aromatic heterocycles. The highest BCUT2D eigenvalue weighted by molar-refractivity contribution is 6.33. The van der Waals surface area contributed by atoms with Crippen molar-refractivity contribution in [2.24, 2.45) is 0 Å². The van der Waals surface area contributed by atoms with Crippen molar-refractivity contribution in [3.05, 3.63) is 27.3 Å². The minimum atomic E-state index is -0.743. The Hall–Kier alpha value is -2.02. The van der Waals surface area contributed by atoms with Crippen LogP contribution in [0.15, 0.2) is 12.1 Å². The number of carbonyl (C=O) groups is 1. The molecule has 0 aliphatic carbocycles. The Morgan fingerprint density at radius 3 is 2.50 bits per heavy atom. The van der Waals surface area contributed by atoms with E-state index in [0.29, 0.717) is 10.7 Å². The third-order valence-electron chi connectivity index (χ3n) is 3.09. The average molecular weight is 328 g/mol. The van der Waals surface area contributed by atoms with Gasteiger partial charge in [0.2, 0.25) is 0 Å². The molecule has 120 valence electrons. The number of hydrogen-bond donors (Lipinski definition) is 1. The summed E-state index contributed by atoms with van der Waals surface area (Å²) in [5, 5.41) is 13.9. The topological polar surface area (TPSA) is 84.7 Å². The summed E-state index contributed by atoms with van der Waals surface area (Å²) < 4.78 is 5.13. The molecule has 1 N–H and O–H groups in total. The van der Waals surface area contributed by atoms with Crippen LogP contribution in [-0.2, 0) is 4.74 Å². The molecule has 0 saturated carbocycles. The second kappa shape index (κ2) is 6.00. The van der Waals surface area contributed by atoms with Crippen LogP contribution in [0, 0.1) is 10.1 Å². The molecule has 1 amide bonds. The van der Waals surface area contributed by atoms with Crippen LogP contribution in [-0.4, -0.2) is 29.7 Å². The quantitative estimate of drug-likeness (QED) is 0.674. The first kappa shape index (κ1) is 16.4. The van der Waals surface area contributed by atoms with E-state index in [9.17, 15) is 14.9 Å². The van der Waals surface area contributed by atoms with E-state index < -0.39 is 16.6 Å². The van der Waals surface area contributed by atoms with Crippen LogP contribution in [0.4, 0.5) is 21.9 Å². The van der Waals surface area contributed by atoms with E-state index in [1.54, 1.807) is 20.8 Å². The molecule has 0 unspecified atom stereocenters. The van der Waals surface area contributed by atoms with Crippen LogP contribution in [0.1, 0.15) is 27.2 Å². The van der Waals surface area contributed by atoms with Gasteiger partial charge in [0, 0.05) is 19.2 Å². The largest absolute Gasteiger partial charge is 0.444 e. The highest BCUT2D eigenvalue weighted by Gasteiger charge is 2.25. The van der Waals surface area contributed by atoms with E-state index in [1.807, 2.05) is 4.90 Å². The molecule has 7 nitrogen and oxygen atoms in total. The average Bonchev–Trinajstić information content (AvgIpc) is 2.27. The SMILES string of the molecule is CC(C)(C)OC(=O)Nc1cc(N2CCC2)c(Cl)cc1[N+](=O)[O-]. The smallest absolute Gasteiger partial charge is 0.412 e. The van der Waals surface area contributed by atoms with Crippen molar-refractivity contribution in [1.82, 2.24) is 0 Å². The number of nitrogens with one attached hydrogen (secondary N) is 1. The Labute approximate surface area is 133 Å². The predicted molar refractivity (Wildman–Crippen MR) is 84.8 cm³/mol. The lowest BCUT2D eigenvalue weighted by Crippen LogP contribution is -2.37. The molecular weight excluding hydrogens is 310 g/mol. The maximum Gasteiger partial charge on any atom is 0.412 e. The minimum absolute atomic E-state index is 0.0746. The van der Waals surface area contributed by atoms with E-state index in [-0.39, 0.29) is 11.4 Å². The summed E-state index contributed by atoms with van der Waals surface area (Å²) in [5.41, 5.74) is -0.207. The number of nitro groups is 1. The number of nitrogens with zero attached hydrogens (tertiary/aromatic N) is 2. The van der Waals surface area contributed by atoms with Gasteiger partial charge in [-0.25, -0.2) is 4.79 Å². The molecule has 22 heavy (non-hydrogen) atoms. The van der Waals surface area contributed by atoms with E-state index in [0.717, 1.165) is 19.5 Å². The highest BCUT2D eigenvalue weighted by atomic mass is 35.5. The molecular formula is C14H18ClN3O4. The number of nitro benzene ring substituents is 1. The van der Waals surface area contributed by atoms with Gasteiger partial charge in [0.05, 0.1) is 15.6 Å². The summed E-state index contributed by atoms with van der Waals surface area (Å²) in [6, 6.07) is 2.77. The fourth-order valence-electron chi connectivity index (χ4n) is 2.02. The van der Waals surface area contributed by atoms with Gasteiger partial charge in [-0.3, -0.25) is 15.4 Å². The fourth-order valence-corrected chi connectivity index (χ4v) is 2.29. The second-order valence-corrected chi connectivity index (χ2v) is 6.45. The second-order valence-electron chi connectivity index (χ2n) is 6.05. The molecule has 0 radical (unpaired) electrons. The molecule has 1 aromatic rings. The normalized spacial score (nSPS) is 14.3. The van der Waals surface area contributed by atoms with Crippen LogP contribution in [0.25, 0.3) is 0 Å². The number of carbonyl (C=O) groups excluding carboxylic acids is 1. The monoisotopic (exact) mass is 327 g/mol. The maximum atomic E-state index is 11.8. The van der Waals surface area contributed by atoms with Crippen molar-refractivity contribution in [2.45, 2.75) is 32.8 Å². The van der Waals surface area contributed by atoms with Crippen LogP contribution >= 0.6 is 11.6 Å². The number of ether oxygens (including phenoxy) is 1. The molecule has 1 saturated heterocycles. The Morgan fingerprint density at radius 2 is 2.05 bits per heavy atom. The Bertz CT molecular complexity index is 609. The summed E-state index contributed by atoms with van der Waals surface area (Å²) in [6.45, 7) is 6.82. The van der Waals surface area contributed by atoms with Gasteiger partial charge in [-0.05, 0) is 33.3 Å². The summed E-state index contributed by atoms with van der Waals surface area (Å²) in [6.07, 6.45) is 0.301. The first-order valence-corrected chi connectivity index (χ1v) is 7.28. The standard InChI is InChI=1S/C14H18ClN3O4/c1-14(2,3)22-13(19)16-10-8-11(17-5-4-6-17)9(15)7-12(10)18(20)21/h7-8H,4-6H2,1-3H3,(H,16,19). The van der Waals surface area contributed by atoms with Crippen molar-refractivity contribution >= 4 is 34.8 Å². The van der Waals surface area contributed by atoms with Crippen molar-refractivity contribution in [2.75, 3.05) is 23.3 Å². The van der Waals surface area contributed by atoms with Crippen molar-refractivity contribution in [1.29, 1.82) is 0 Å². The van der Waals surface area contributed by atoms with Gasteiger partial charge >= 0.3 is 6.09 Å². The first-order valence-electron chi connectivity index (χ1n) is 6.90. The zero-order valence-electron chi connectivity index (χ0n) is 12.7. The summed E-state index contributed by atoms with van der Waals surface area (Å²) in [7, 11) is 0. The zero-order valence-corrected chi connectivity index (χ0v) is 13.4. The molecule has 0 spiro atoms. The number of amides is 1. The number of halogens is 1. The van der Waals surface area contributed by atoms with E-state index >= 15 is 0 Å². The van der Waals surface area contributed by atoms with Crippen molar-refractivity contribution in [3.8, 4) is 0 Å². The van der Waals surface area contributed by atoms with Crippen LogP contribution in [0.5, 0.6) is 0 Å². The lowest BCUT2D eigenvalue weighted by molar-refractivity contribution is -0.383. The first-order chi connectivity index (χ1) is 10.2. The van der Waals surface area contributed by atoms with E-state index in [4.69, 9.17) is 16.3 Å². The van der Waals surface area contributed by atoms with Crippen molar-refractivity contribution in [3.63, 3.8) is 0 Å². The van der Waals surface area contributed by atoms with Crippen LogP contribution in [0.2, 0.25) is 5.02 Å². The van der Waals surface area contributed by atoms with Gasteiger partial charge < -0.3 is 9.64 Å². The zero-order chi connectivity index (χ0) is 16.5. The lowest BCUT2D eigenvalue weighted by atomic mass is 10.1. The summed E-state index contributed by atoms with van der Waals surface area (Å²) in [4.78, 5) is 24.4. The lowest BCUT2D eigenvalue weighted by Gasteiger charge is -2.34. The molecule has 1 fully saturated rings. The van der Waals surface area contributed by atoms with Gasteiger partial charge in [-0.15, -0.1) is 0 Å². The third kappa shape index (κ3) is 3.79. The Kier molecular flexibility index (Phi) is 4.46. The van der Waals surface area contributed by atoms with Crippen LogP contribution in [0.3, 0.4) is 0 Å². The number of rotatable bonds is 3. The molecule has 8 heteroatoms. The molecule has 2 rings (SSSR count). The molecule has 1 aliphatic heterocycles. The van der Waals surface area contributed by atoms with Gasteiger partial charge in [0.25, 0.3) is 5.69 Å². The molecule has 1 heterocycles. The van der Waals surface area contributed by atoms with Gasteiger partial charge in [-0.1, -0.05) is 11.6 Å². The Balaban J connectivity index is 2.30. The highest BCUT2D eigenvalue weighted by Crippen LogP contribution is 2.38. The number of hydrogen-bond acceptors (Lipinski definition) is 5. The molecule has 1 aliphatic rings. The maximum absolute atomic E-state index is 11.8. The third-order valence-corrected chi connectivity index (χ3v) is 3.40. The van der Waals surface area contributed by atoms with Gasteiger partial charge in [-0.2, -0.15) is 0 Å². The van der Waals surface area contributed by atoms with Gasteiger partial charge in [0.15, 0.2) is 0 Å². The van der Waals surface area contributed by atoms with Crippen molar-refractivity contribution < 1.29 is 14.5 Å². The molecule has 0 atom stereocenters. The fraction of sp³-hybridized carbons (Fsp3) is 0.500. The Morgan fingerprint density at radius 1 is 1.41 bits per heavy atom. The number of anilines is 2. The summed E-state index contributed by atoms with van der Waals surface area (Å²) >= 11 is 6.11. The van der Waals surface area contributed by atoms with Gasteiger partial charge in [0.1, 0.15) is 11.3 Å². The van der Waals surface area contributed by atoms with E-state index in [1.165, 1.54) is 12.1 Å². The van der Waals surface area contributed by atoms with E-state index in [2.05, 4.69) is 5.32 Å². The summed E-state index contributed by atoms with van der Waals surface area (Å²) in [5.74, 6) is 0. The molecule has 0 bridgehead atoms.